The van der Waals surface area contributed by atoms with E-state index in [1.54, 1.807) is 45.2 Å². The number of hydrogen-bond donors (Lipinski definition) is 2. The summed E-state index contributed by atoms with van der Waals surface area (Å²) in [4.78, 5) is 35.1. The molecular weight excluding hydrogens is 521 g/mol. The molecule has 0 bridgehead atoms. The van der Waals surface area contributed by atoms with Gasteiger partial charge in [0, 0.05) is 30.6 Å². The van der Waals surface area contributed by atoms with E-state index in [2.05, 4.69) is 27.1 Å². The van der Waals surface area contributed by atoms with Crippen LogP contribution in [0.4, 0.5) is 18.9 Å². The minimum atomic E-state index is -4.52. The molecule has 3 aromatic rings. The number of ether oxygens (including phenoxy) is 1. The Labute approximate surface area is 220 Å². The Morgan fingerprint density at radius 1 is 1.29 bits per heavy atom. The highest BCUT2D eigenvalue weighted by Gasteiger charge is 2.34. The highest BCUT2D eigenvalue weighted by molar-refractivity contribution is 7.09. The maximum absolute atomic E-state index is 13.1. The molecule has 1 unspecified atom stereocenters. The smallest absolute Gasteiger partial charge is 0.443 e. The lowest BCUT2D eigenvalue weighted by atomic mass is 10.1. The fourth-order valence-electron chi connectivity index (χ4n) is 3.57. The van der Waals surface area contributed by atoms with Crippen molar-refractivity contribution in [3.05, 3.63) is 69.4 Å². The topological polar surface area (TPSA) is 105 Å². The highest BCUT2D eigenvalue weighted by atomic mass is 32.1. The number of fused-ring (bicyclic) bond motifs is 1. The van der Waals surface area contributed by atoms with Crippen molar-refractivity contribution in [3.8, 4) is 17.6 Å². The first-order valence-electron chi connectivity index (χ1n) is 11.4. The molecule has 0 aliphatic carbocycles. The van der Waals surface area contributed by atoms with Crippen molar-refractivity contribution in [1.82, 2.24) is 15.3 Å². The minimum absolute atomic E-state index is 0.00447. The van der Waals surface area contributed by atoms with Crippen molar-refractivity contribution in [2.75, 3.05) is 18.6 Å². The third kappa shape index (κ3) is 6.48. The fraction of sp³-hybridized carbons (Fsp3) is 0.308. The third-order valence-corrected chi connectivity index (χ3v) is 6.34. The van der Waals surface area contributed by atoms with Crippen LogP contribution in [-0.2, 0) is 17.4 Å². The van der Waals surface area contributed by atoms with Crippen LogP contribution in [0.2, 0.25) is 0 Å². The molecule has 1 atom stereocenters. The zero-order valence-corrected chi connectivity index (χ0v) is 21.4. The molecule has 0 spiro atoms. The van der Waals surface area contributed by atoms with Gasteiger partial charge in [-0.25, -0.2) is 4.98 Å². The van der Waals surface area contributed by atoms with Crippen molar-refractivity contribution in [2.24, 2.45) is 0 Å². The van der Waals surface area contributed by atoms with Crippen LogP contribution in [0.3, 0.4) is 0 Å². The van der Waals surface area contributed by atoms with Gasteiger partial charge in [0.1, 0.15) is 29.7 Å². The van der Waals surface area contributed by atoms with E-state index in [0.29, 0.717) is 33.9 Å². The number of rotatable bonds is 4. The number of likely N-dealkylation sites (N-methyl/N-ethyl adjacent to an activating group) is 1. The summed E-state index contributed by atoms with van der Waals surface area (Å²) in [6.45, 7) is 2.99. The molecule has 1 aliphatic heterocycles. The van der Waals surface area contributed by atoms with Crippen LogP contribution in [0.1, 0.15) is 46.2 Å². The van der Waals surface area contributed by atoms with Gasteiger partial charge in [0.25, 0.3) is 11.8 Å². The minimum Gasteiger partial charge on any atom is -0.489 e. The predicted octanol–water partition coefficient (Wildman–Crippen LogP) is 3.42. The van der Waals surface area contributed by atoms with Crippen LogP contribution in [0.25, 0.3) is 0 Å². The summed E-state index contributed by atoms with van der Waals surface area (Å²) >= 11 is 0.506. The van der Waals surface area contributed by atoms with E-state index in [9.17, 15) is 27.9 Å². The summed E-state index contributed by atoms with van der Waals surface area (Å²) < 4.78 is 44.3. The summed E-state index contributed by atoms with van der Waals surface area (Å²) in [5, 5.41) is 12.8. The Hall–Kier alpha value is -3.95. The van der Waals surface area contributed by atoms with Gasteiger partial charge in [-0.15, -0.1) is 11.3 Å². The van der Waals surface area contributed by atoms with Crippen LogP contribution >= 0.6 is 11.3 Å². The lowest BCUT2D eigenvalue weighted by Gasteiger charge is -2.20. The number of aromatic nitrogens is 2. The molecule has 3 heterocycles. The largest absolute Gasteiger partial charge is 0.489 e. The second kappa shape index (κ2) is 10.4. The number of nitrogens with zero attached hydrogens (tertiary/aromatic N) is 3. The van der Waals surface area contributed by atoms with Gasteiger partial charge >= 0.3 is 6.18 Å². The Morgan fingerprint density at radius 2 is 2.05 bits per heavy atom. The molecule has 0 saturated carbocycles. The maximum atomic E-state index is 13.1. The van der Waals surface area contributed by atoms with Gasteiger partial charge < -0.3 is 20.1 Å². The van der Waals surface area contributed by atoms with Crippen molar-refractivity contribution in [3.63, 3.8) is 0 Å². The Morgan fingerprint density at radius 3 is 2.74 bits per heavy atom. The van der Waals surface area contributed by atoms with Gasteiger partial charge in [-0.2, -0.15) is 13.2 Å². The Bertz CT molecular complexity index is 1440. The van der Waals surface area contributed by atoms with E-state index in [-0.39, 0.29) is 24.4 Å². The third-order valence-electron chi connectivity index (χ3n) is 5.41. The molecule has 2 aromatic heterocycles. The average molecular weight is 545 g/mol. The van der Waals surface area contributed by atoms with E-state index in [1.165, 1.54) is 22.5 Å². The standard InChI is InChI=1S/C26H23F3N4O4S/c1-25(2,36)8-6-15-4-5-21-20(12-15)33(3)23(35)19(13-37-21)32-22(34)18-11-16(7-9-30-18)10-17-14-38-24(31-17)26(27,28)29/h4-5,7,9,11-12,14,19,36H,10,13H2,1-3H3,(H,32,34). The number of aliphatic hydroxyl groups is 1. The Kier molecular flexibility index (Phi) is 7.44. The quantitative estimate of drug-likeness (QED) is 0.488. The summed E-state index contributed by atoms with van der Waals surface area (Å²) in [5.41, 5.74) is 0.596. The number of anilines is 1. The van der Waals surface area contributed by atoms with Gasteiger partial charge in [-0.1, -0.05) is 11.8 Å². The van der Waals surface area contributed by atoms with E-state index in [1.807, 2.05) is 0 Å². The maximum Gasteiger partial charge on any atom is 0.443 e. The molecule has 4 rings (SSSR count). The molecule has 0 fully saturated rings. The van der Waals surface area contributed by atoms with Crippen molar-refractivity contribution in [2.45, 2.75) is 38.1 Å². The number of carbonyl (C=O) groups excluding carboxylic acids is 2. The van der Waals surface area contributed by atoms with Gasteiger partial charge in [0.2, 0.25) is 0 Å². The van der Waals surface area contributed by atoms with Crippen molar-refractivity contribution in [1.29, 1.82) is 0 Å². The van der Waals surface area contributed by atoms with Gasteiger partial charge in [-0.3, -0.25) is 14.6 Å². The monoisotopic (exact) mass is 544 g/mol. The summed E-state index contributed by atoms with van der Waals surface area (Å²) in [6.07, 6.45) is -3.07. The number of amides is 2. The average Bonchev–Trinajstić information content (AvgIpc) is 3.29. The Balaban J connectivity index is 1.47. The zero-order chi connectivity index (χ0) is 27.7. The fourth-order valence-corrected chi connectivity index (χ4v) is 4.26. The van der Waals surface area contributed by atoms with Gasteiger partial charge in [-0.05, 0) is 49.7 Å². The molecule has 2 amide bonds. The first-order chi connectivity index (χ1) is 17.8. The number of halogens is 3. The van der Waals surface area contributed by atoms with Gasteiger partial charge in [0.05, 0.1) is 11.4 Å². The van der Waals surface area contributed by atoms with Gasteiger partial charge in [0.15, 0.2) is 5.01 Å². The van der Waals surface area contributed by atoms with Crippen LogP contribution in [0, 0.1) is 11.8 Å². The molecule has 1 aliphatic rings. The van der Waals surface area contributed by atoms with Crippen LogP contribution < -0.4 is 15.0 Å². The number of alkyl halides is 3. The first kappa shape index (κ1) is 27.1. The van der Waals surface area contributed by atoms with Crippen molar-refractivity contribution >= 4 is 28.8 Å². The molecule has 198 valence electrons. The predicted molar refractivity (Wildman–Crippen MR) is 134 cm³/mol. The second-order valence-corrected chi connectivity index (χ2v) is 9.95. The summed E-state index contributed by atoms with van der Waals surface area (Å²) in [7, 11) is 1.55. The van der Waals surface area contributed by atoms with Crippen molar-refractivity contribution < 1.29 is 32.6 Å². The number of thiazole rings is 1. The first-order valence-corrected chi connectivity index (χ1v) is 12.3. The molecule has 2 N–H and O–H groups in total. The zero-order valence-electron chi connectivity index (χ0n) is 20.6. The van der Waals surface area contributed by atoms with Crippen LogP contribution in [-0.4, -0.2) is 52.2 Å². The number of hydrogen-bond acceptors (Lipinski definition) is 7. The SMILES string of the molecule is CN1C(=O)C(NC(=O)c2cc(Cc3csc(C(F)(F)F)n3)ccn2)COc2ccc(C#CC(C)(C)O)cc21. The second-order valence-electron chi connectivity index (χ2n) is 9.09. The highest BCUT2D eigenvalue weighted by Crippen LogP contribution is 2.33. The molecule has 0 saturated heterocycles. The van der Waals surface area contributed by atoms with Crippen LogP contribution in [0.5, 0.6) is 5.75 Å². The lowest BCUT2D eigenvalue weighted by Crippen LogP contribution is -2.49. The lowest BCUT2D eigenvalue weighted by molar-refractivity contribution is -0.137. The molecule has 1 aromatic carbocycles. The normalized spacial score (nSPS) is 15.6. The molecule has 8 nitrogen and oxygen atoms in total. The summed E-state index contributed by atoms with van der Waals surface area (Å²) in [5.74, 6) is 4.92. The van der Waals surface area contributed by atoms with E-state index >= 15 is 0 Å². The number of carbonyl (C=O) groups is 2. The number of pyridine rings is 1. The number of benzene rings is 1. The summed E-state index contributed by atoms with van der Waals surface area (Å²) in [6, 6.07) is 7.01. The number of nitrogens with one attached hydrogen (secondary N) is 1. The van der Waals surface area contributed by atoms with E-state index < -0.39 is 34.6 Å². The molecule has 0 radical (unpaired) electrons. The molecule has 38 heavy (non-hydrogen) atoms. The molecule has 12 heteroatoms. The van der Waals surface area contributed by atoms with E-state index in [4.69, 9.17) is 4.74 Å². The van der Waals surface area contributed by atoms with E-state index in [0.717, 1.165) is 0 Å². The molecular formula is C26H23F3N4O4S. The van der Waals surface area contributed by atoms with Crippen LogP contribution in [0.15, 0.2) is 41.9 Å².